The average molecular weight is 263 g/mol. The maximum Gasteiger partial charge on any atom is 0.294 e. The Bertz CT molecular complexity index is 610. The lowest BCUT2D eigenvalue weighted by molar-refractivity contribution is -0.384. The number of nitro benzene ring substituents is 1. The van der Waals surface area contributed by atoms with E-state index in [9.17, 15) is 14.9 Å². The molecule has 1 heterocycles. The highest BCUT2D eigenvalue weighted by Crippen LogP contribution is 2.27. The maximum absolute atomic E-state index is 12.0. The summed E-state index contributed by atoms with van der Waals surface area (Å²) in [4.78, 5) is 22.1. The van der Waals surface area contributed by atoms with Crippen molar-refractivity contribution in [2.24, 2.45) is 5.84 Å². The molecule has 2 aromatic rings. The number of benzene rings is 1. The maximum atomic E-state index is 12.0. The van der Waals surface area contributed by atoms with Crippen molar-refractivity contribution in [1.29, 1.82) is 0 Å². The van der Waals surface area contributed by atoms with Gasteiger partial charge in [-0.25, -0.2) is 0 Å². The summed E-state index contributed by atoms with van der Waals surface area (Å²) in [6.45, 7) is 0. The Morgan fingerprint density at radius 1 is 1.42 bits per heavy atom. The number of nitrogens with one attached hydrogen (secondary N) is 2. The molecule has 0 unspecified atom stereocenters. The standard InChI is InChI=1S/C10H9N5O4/c11-13-9-6(2-1-3-7(9)15(17)18)10(16)12-8-4-5-19-14-8/h1-5,13H,11H2,(H,12,14,16). The topological polar surface area (TPSA) is 136 Å². The Hall–Kier alpha value is -2.94. The summed E-state index contributed by atoms with van der Waals surface area (Å²) < 4.78 is 4.56. The molecule has 0 radical (unpaired) electrons. The molecule has 0 spiro atoms. The van der Waals surface area contributed by atoms with E-state index in [1.54, 1.807) is 0 Å². The van der Waals surface area contributed by atoms with Gasteiger partial charge < -0.3 is 15.3 Å². The molecular weight excluding hydrogens is 254 g/mol. The summed E-state index contributed by atoms with van der Waals surface area (Å²) in [6.07, 6.45) is 1.28. The van der Waals surface area contributed by atoms with Gasteiger partial charge in [0.1, 0.15) is 12.0 Å². The van der Waals surface area contributed by atoms with Gasteiger partial charge in [-0.3, -0.25) is 20.8 Å². The fraction of sp³-hybridized carbons (Fsp3) is 0. The number of hydrazine groups is 1. The van der Waals surface area contributed by atoms with E-state index in [2.05, 4.69) is 20.4 Å². The van der Waals surface area contributed by atoms with Crippen molar-refractivity contribution in [2.45, 2.75) is 0 Å². The van der Waals surface area contributed by atoms with Crippen molar-refractivity contribution in [3.63, 3.8) is 0 Å². The first-order valence-electron chi connectivity index (χ1n) is 5.09. The number of hydrogen-bond donors (Lipinski definition) is 3. The smallest absolute Gasteiger partial charge is 0.294 e. The summed E-state index contributed by atoms with van der Waals surface area (Å²) in [5.74, 6) is 4.83. The molecule has 98 valence electrons. The van der Waals surface area contributed by atoms with Crippen LogP contribution in [-0.2, 0) is 0 Å². The van der Waals surface area contributed by atoms with Crippen molar-refractivity contribution in [1.82, 2.24) is 5.16 Å². The van der Waals surface area contributed by atoms with Crippen LogP contribution in [0.1, 0.15) is 10.4 Å². The highest BCUT2D eigenvalue weighted by Gasteiger charge is 2.21. The van der Waals surface area contributed by atoms with Gasteiger partial charge in [-0.05, 0) is 6.07 Å². The van der Waals surface area contributed by atoms with Crippen LogP contribution in [-0.4, -0.2) is 16.0 Å². The van der Waals surface area contributed by atoms with Crippen LogP contribution < -0.4 is 16.6 Å². The number of hydrogen-bond acceptors (Lipinski definition) is 7. The second-order valence-electron chi connectivity index (χ2n) is 3.44. The molecule has 0 bridgehead atoms. The van der Waals surface area contributed by atoms with E-state index < -0.39 is 10.8 Å². The number of para-hydroxylation sites is 1. The van der Waals surface area contributed by atoms with Crippen molar-refractivity contribution < 1.29 is 14.2 Å². The Labute approximate surface area is 106 Å². The molecule has 0 aliphatic carbocycles. The lowest BCUT2D eigenvalue weighted by Crippen LogP contribution is -2.18. The van der Waals surface area contributed by atoms with E-state index in [4.69, 9.17) is 5.84 Å². The number of carbonyl (C=O) groups is 1. The number of nitro groups is 1. The van der Waals surface area contributed by atoms with Crippen molar-refractivity contribution in [2.75, 3.05) is 10.7 Å². The van der Waals surface area contributed by atoms with Crippen LogP contribution in [0.4, 0.5) is 17.2 Å². The molecular formula is C10H9N5O4. The summed E-state index contributed by atoms with van der Waals surface area (Å²) >= 11 is 0. The minimum Gasteiger partial charge on any atom is -0.363 e. The van der Waals surface area contributed by atoms with Gasteiger partial charge in [-0.2, -0.15) is 0 Å². The highest BCUT2D eigenvalue weighted by atomic mass is 16.6. The van der Waals surface area contributed by atoms with Gasteiger partial charge in [-0.15, -0.1) is 0 Å². The monoisotopic (exact) mass is 263 g/mol. The second-order valence-corrected chi connectivity index (χ2v) is 3.44. The van der Waals surface area contributed by atoms with Gasteiger partial charge in [-0.1, -0.05) is 11.2 Å². The van der Waals surface area contributed by atoms with Crippen molar-refractivity contribution in [3.8, 4) is 0 Å². The van der Waals surface area contributed by atoms with Crippen molar-refractivity contribution >= 4 is 23.1 Å². The SMILES string of the molecule is NNc1c(C(=O)Nc2ccon2)cccc1[N+](=O)[O-]. The molecule has 0 saturated carbocycles. The van der Waals surface area contributed by atoms with Gasteiger partial charge in [0, 0.05) is 12.1 Å². The first kappa shape index (κ1) is 12.5. The van der Waals surface area contributed by atoms with Gasteiger partial charge >= 0.3 is 0 Å². The molecule has 1 aromatic carbocycles. The largest absolute Gasteiger partial charge is 0.363 e. The summed E-state index contributed by atoms with van der Waals surface area (Å²) in [5, 5.41) is 16.7. The first-order chi connectivity index (χ1) is 9.13. The lowest BCUT2D eigenvalue weighted by atomic mass is 10.1. The number of nitrogens with two attached hydrogens (primary N) is 1. The highest BCUT2D eigenvalue weighted by molar-refractivity contribution is 6.08. The van der Waals surface area contributed by atoms with E-state index >= 15 is 0 Å². The summed E-state index contributed by atoms with van der Waals surface area (Å²) in [5.41, 5.74) is 1.82. The Morgan fingerprint density at radius 2 is 2.21 bits per heavy atom. The number of carbonyl (C=O) groups excluding carboxylic acids is 1. The predicted octanol–water partition coefficient (Wildman–Crippen LogP) is 1.12. The van der Waals surface area contributed by atoms with E-state index in [1.165, 1.54) is 30.5 Å². The second kappa shape index (κ2) is 5.14. The van der Waals surface area contributed by atoms with Crippen LogP contribution in [0, 0.1) is 10.1 Å². The molecule has 4 N–H and O–H groups in total. The zero-order valence-corrected chi connectivity index (χ0v) is 9.49. The van der Waals surface area contributed by atoms with E-state index in [0.717, 1.165) is 0 Å². The third-order valence-corrected chi connectivity index (χ3v) is 2.31. The van der Waals surface area contributed by atoms with Gasteiger partial charge in [0.05, 0.1) is 10.5 Å². The molecule has 9 heteroatoms. The number of rotatable bonds is 4. The number of nitrogen functional groups attached to an aromatic ring is 1. The predicted molar refractivity (Wildman–Crippen MR) is 65.4 cm³/mol. The quantitative estimate of drug-likeness (QED) is 0.427. The molecule has 0 aliphatic rings. The molecule has 0 saturated heterocycles. The molecule has 0 aliphatic heterocycles. The van der Waals surface area contributed by atoms with Crippen LogP contribution >= 0.6 is 0 Å². The third-order valence-electron chi connectivity index (χ3n) is 2.31. The zero-order valence-electron chi connectivity index (χ0n) is 9.49. The number of amides is 1. The van der Waals surface area contributed by atoms with Crippen LogP contribution in [0.3, 0.4) is 0 Å². The van der Waals surface area contributed by atoms with Gasteiger partial charge in [0.25, 0.3) is 11.6 Å². The Kier molecular flexibility index (Phi) is 3.39. The Morgan fingerprint density at radius 3 is 2.79 bits per heavy atom. The van der Waals surface area contributed by atoms with E-state index in [1.807, 2.05) is 0 Å². The molecule has 1 amide bonds. The third kappa shape index (κ3) is 2.50. The molecule has 1 aromatic heterocycles. The number of aromatic nitrogens is 1. The van der Waals surface area contributed by atoms with Crippen LogP contribution in [0.2, 0.25) is 0 Å². The molecule has 2 rings (SSSR count). The summed E-state index contributed by atoms with van der Waals surface area (Å²) in [7, 11) is 0. The fourth-order valence-corrected chi connectivity index (χ4v) is 1.49. The van der Waals surface area contributed by atoms with Crippen LogP contribution in [0.25, 0.3) is 0 Å². The van der Waals surface area contributed by atoms with Gasteiger partial charge in [0.15, 0.2) is 5.82 Å². The minimum atomic E-state index is -0.637. The minimum absolute atomic E-state index is 0.0275. The molecule has 0 fully saturated rings. The first-order valence-corrected chi connectivity index (χ1v) is 5.09. The van der Waals surface area contributed by atoms with Gasteiger partial charge in [0.2, 0.25) is 0 Å². The number of nitrogens with zero attached hydrogens (tertiary/aromatic N) is 2. The van der Waals surface area contributed by atoms with Crippen LogP contribution in [0.15, 0.2) is 35.1 Å². The lowest BCUT2D eigenvalue weighted by Gasteiger charge is -2.08. The fourth-order valence-electron chi connectivity index (χ4n) is 1.49. The molecule has 9 nitrogen and oxygen atoms in total. The normalized spacial score (nSPS) is 9.95. The van der Waals surface area contributed by atoms with Crippen molar-refractivity contribution in [3.05, 3.63) is 46.2 Å². The number of anilines is 2. The summed E-state index contributed by atoms with van der Waals surface area (Å²) in [6, 6.07) is 5.46. The Balaban J connectivity index is 2.36. The molecule has 0 atom stereocenters. The van der Waals surface area contributed by atoms with Crippen LogP contribution in [0.5, 0.6) is 0 Å². The van der Waals surface area contributed by atoms with E-state index in [-0.39, 0.29) is 22.8 Å². The molecule has 19 heavy (non-hydrogen) atoms. The van der Waals surface area contributed by atoms with E-state index in [0.29, 0.717) is 0 Å². The zero-order chi connectivity index (χ0) is 13.8. The average Bonchev–Trinajstić information content (AvgIpc) is 2.90.